The molecule has 0 bridgehead atoms. The Hall–Kier alpha value is -1.16. The van der Waals surface area contributed by atoms with Crippen LogP contribution in [0, 0.1) is 0 Å². The Kier molecular flexibility index (Phi) is 5.20. The minimum absolute atomic E-state index is 0.0562. The highest BCUT2D eigenvalue weighted by Crippen LogP contribution is 2.29. The molecule has 0 spiro atoms. The molecule has 3 rings (SSSR count). The van der Waals surface area contributed by atoms with Crippen LogP contribution in [0.4, 0.5) is 5.82 Å². The number of carbonyl (C=O) groups is 1. The van der Waals surface area contributed by atoms with Crippen LogP contribution in [0.2, 0.25) is 0 Å². The quantitative estimate of drug-likeness (QED) is 0.740. The van der Waals surface area contributed by atoms with Crippen LogP contribution in [0.5, 0.6) is 5.75 Å². The lowest BCUT2D eigenvalue weighted by Crippen LogP contribution is -2.48. The van der Waals surface area contributed by atoms with Gasteiger partial charge in [-0.25, -0.2) is 15.0 Å². The van der Waals surface area contributed by atoms with E-state index in [4.69, 9.17) is 0 Å². The fourth-order valence-electron chi connectivity index (χ4n) is 2.70. The van der Waals surface area contributed by atoms with Crippen LogP contribution in [-0.4, -0.2) is 56.6 Å². The van der Waals surface area contributed by atoms with Crippen molar-refractivity contribution in [3.63, 3.8) is 0 Å². The predicted octanol–water partition coefficient (Wildman–Crippen LogP) is 2.06. The lowest BCUT2D eigenvalue weighted by Gasteiger charge is -2.35. The zero-order valence-corrected chi connectivity index (χ0v) is 15.1. The topological polar surface area (TPSA) is 81.1 Å². The predicted molar refractivity (Wildman–Crippen MR) is 93.4 cm³/mol. The van der Waals surface area contributed by atoms with E-state index >= 15 is 0 Å². The van der Waals surface area contributed by atoms with Crippen molar-refractivity contribution in [2.45, 2.75) is 25.8 Å². The van der Waals surface area contributed by atoms with Crippen molar-refractivity contribution < 1.29 is 9.90 Å². The van der Waals surface area contributed by atoms with Crippen LogP contribution in [0.15, 0.2) is 21.7 Å². The number of aliphatic imine (C=N–C) groups is 1. The molecule has 23 heavy (non-hydrogen) atoms. The van der Waals surface area contributed by atoms with E-state index in [9.17, 15) is 9.90 Å². The molecule has 2 aliphatic heterocycles. The van der Waals surface area contributed by atoms with Crippen molar-refractivity contribution in [3.8, 4) is 5.75 Å². The first-order chi connectivity index (χ1) is 11.0. The molecule has 2 saturated heterocycles. The summed E-state index contributed by atoms with van der Waals surface area (Å²) in [6.07, 6.45) is 3.51. The first-order valence-corrected chi connectivity index (χ1v) is 9.00. The third-order valence-corrected chi connectivity index (χ3v) is 5.20. The molecule has 3 heterocycles. The van der Waals surface area contributed by atoms with E-state index in [2.05, 4.69) is 35.7 Å². The number of likely N-dealkylation sites (tertiary alicyclic amines) is 1. The number of nitrogens with one attached hydrogen (secondary N) is 1. The first kappa shape index (κ1) is 16.7. The number of amides is 1. The van der Waals surface area contributed by atoms with Gasteiger partial charge < -0.3 is 10.0 Å². The SMILES string of the molecule is CC(=O)N1CCC(N2CC(=Nc3ncc(Br)cc3O)SN2)CC1. The number of hydrogen-bond acceptors (Lipinski definition) is 7. The summed E-state index contributed by atoms with van der Waals surface area (Å²) in [7, 11) is 0. The summed E-state index contributed by atoms with van der Waals surface area (Å²) >= 11 is 4.70. The van der Waals surface area contributed by atoms with Gasteiger partial charge in [0.2, 0.25) is 5.91 Å². The lowest BCUT2D eigenvalue weighted by atomic mass is 10.0. The fourth-order valence-corrected chi connectivity index (χ4v) is 3.79. The molecule has 2 N–H and O–H groups in total. The van der Waals surface area contributed by atoms with Gasteiger partial charge in [-0.05, 0) is 46.8 Å². The average Bonchev–Trinajstić information content (AvgIpc) is 2.99. The Labute approximate surface area is 147 Å². The third-order valence-electron chi connectivity index (χ3n) is 3.98. The number of aromatic hydroxyl groups is 1. The van der Waals surface area contributed by atoms with Crippen molar-refractivity contribution in [1.82, 2.24) is 19.7 Å². The van der Waals surface area contributed by atoms with Crippen LogP contribution >= 0.6 is 27.9 Å². The Bertz CT molecular complexity index is 634. The Morgan fingerprint density at radius 1 is 1.52 bits per heavy atom. The van der Waals surface area contributed by atoms with E-state index in [1.54, 1.807) is 19.2 Å². The minimum atomic E-state index is 0.0562. The third kappa shape index (κ3) is 4.03. The summed E-state index contributed by atoms with van der Waals surface area (Å²) in [5, 5.41) is 12.9. The van der Waals surface area contributed by atoms with Gasteiger partial charge in [0.1, 0.15) is 5.04 Å². The van der Waals surface area contributed by atoms with Gasteiger partial charge in [0.05, 0.1) is 6.54 Å². The van der Waals surface area contributed by atoms with Crippen LogP contribution in [-0.2, 0) is 4.79 Å². The highest BCUT2D eigenvalue weighted by atomic mass is 79.9. The summed E-state index contributed by atoms with van der Waals surface area (Å²) in [4.78, 5) is 25.1. The second kappa shape index (κ2) is 7.16. The summed E-state index contributed by atoms with van der Waals surface area (Å²) in [6.45, 7) is 3.88. The molecule has 2 fully saturated rings. The van der Waals surface area contributed by atoms with Crippen LogP contribution in [0.25, 0.3) is 0 Å². The van der Waals surface area contributed by atoms with Crippen LogP contribution in [0.3, 0.4) is 0 Å². The Balaban J connectivity index is 1.60. The molecule has 0 atom stereocenters. The molecular formula is C14H18BrN5O2S. The molecule has 0 aromatic carbocycles. The zero-order valence-electron chi connectivity index (χ0n) is 12.7. The molecule has 124 valence electrons. The van der Waals surface area contributed by atoms with Crippen LogP contribution < -0.4 is 4.83 Å². The number of carbonyl (C=O) groups excluding carboxylic acids is 1. The smallest absolute Gasteiger partial charge is 0.219 e. The van der Waals surface area contributed by atoms with Crippen molar-refractivity contribution in [2.24, 2.45) is 4.99 Å². The highest BCUT2D eigenvalue weighted by molar-refractivity contribution is 9.10. The molecule has 1 aromatic heterocycles. The van der Waals surface area contributed by atoms with E-state index in [-0.39, 0.29) is 11.7 Å². The number of hydrogen-bond donors (Lipinski definition) is 2. The van der Waals surface area contributed by atoms with Crippen molar-refractivity contribution in [3.05, 3.63) is 16.7 Å². The number of rotatable bonds is 2. The number of pyridine rings is 1. The van der Waals surface area contributed by atoms with E-state index in [1.807, 2.05) is 4.90 Å². The number of hydrazine groups is 1. The fraction of sp³-hybridized carbons (Fsp3) is 0.500. The van der Waals surface area contributed by atoms with Crippen molar-refractivity contribution in [1.29, 1.82) is 0 Å². The van der Waals surface area contributed by atoms with Crippen molar-refractivity contribution >= 4 is 44.6 Å². The number of nitrogens with zero attached hydrogens (tertiary/aromatic N) is 4. The maximum absolute atomic E-state index is 11.4. The Morgan fingerprint density at radius 3 is 2.91 bits per heavy atom. The van der Waals surface area contributed by atoms with Gasteiger partial charge in [-0.3, -0.25) is 4.79 Å². The van der Waals surface area contributed by atoms with Crippen LogP contribution in [0.1, 0.15) is 19.8 Å². The molecule has 2 aliphatic rings. The molecule has 7 nitrogen and oxygen atoms in total. The van der Waals surface area contributed by atoms with Crippen molar-refractivity contribution in [2.75, 3.05) is 19.6 Å². The summed E-state index contributed by atoms with van der Waals surface area (Å²) in [5.41, 5.74) is 0. The van der Waals surface area contributed by atoms with Gasteiger partial charge >= 0.3 is 0 Å². The largest absolute Gasteiger partial charge is 0.504 e. The van der Waals surface area contributed by atoms with E-state index in [0.717, 1.165) is 35.4 Å². The van der Waals surface area contributed by atoms with Gasteiger partial charge in [-0.1, -0.05) is 0 Å². The van der Waals surface area contributed by atoms with E-state index in [1.165, 1.54) is 11.9 Å². The zero-order chi connectivity index (χ0) is 16.4. The lowest BCUT2D eigenvalue weighted by molar-refractivity contribution is -0.130. The maximum Gasteiger partial charge on any atom is 0.219 e. The molecule has 0 aliphatic carbocycles. The Morgan fingerprint density at radius 2 is 2.26 bits per heavy atom. The second-order valence-electron chi connectivity index (χ2n) is 5.56. The molecule has 9 heteroatoms. The van der Waals surface area contributed by atoms with E-state index < -0.39 is 0 Å². The van der Waals surface area contributed by atoms with Gasteiger partial charge in [0.15, 0.2) is 11.6 Å². The summed E-state index contributed by atoms with van der Waals surface area (Å²) in [6, 6.07) is 1.96. The molecule has 1 aromatic rings. The monoisotopic (exact) mass is 399 g/mol. The molecule has 0 unspecified atom stereocenters. The number of aromatic nitrogens is 1. The molecule has 1 amide bonds. The number of piperidine rings is 1. The summed E-state index contributed by atoms with van der Waals surface area (Å²) < 4.78 is 0.718. The molecule has 0 radical (unpaired) electrons. The first-order valence-electron chi connectivity index (χ1n) is 7.39. The minimum Gasteiger partial charge on any atom is -0.504 e. The maximum atomic E-state index is 11.4. The normalized spacial score (nSPS) is 22.0. The number of halogens is 1. The second-order valence-corrected chi connectivity index (χ2v) is 7.33. The van der Waals surface area contributed by atoms with Gasteiger partial charge in [-0.2, -0.15) is 4.83 Å². The highest BCUT2D eigenvalue weighted by Gasteiger charge is 2.30. The average molecular weight is 400 g/mol. The molecular weight excluding hydrogens is 382 g/mol. The summed E-state index contributed by atoms with van der Waals surface area (Å²) in [5.74, 6) is 0.526. The van der Waals surface area contributed by atoms with Gasteiger partial charge in [0.25, 0.3) is 0 Å². The standard InChI is InChI=1S/C14H18BrN5O2S/c1-9(21)19-4-2-11(3-5-19)20-8-13(23-18-20)17-14-12(22)6-10(15)7-16-14/h6-7,11,18,22H,2-5,8H2,1H3. The van der Waals surface area contributed by atoms with Gasteiger partial charge in [-0.15, -0.1) is 0 Å². The van der Waals surface area contributed by atoms with E-state index in [0.29, 0.717) is 18.4 Å². The molecule has 0 saturated carbocycles. The van der Waals surface area contributed by atoms with Gasteiger partial charge in [0, 0.05) is 36.7 Å².